The fraction of sp³-hybridized carbons (Fsp3) is 0.588. The highest BCUT2D eigenvalue weighted by Gasteiger charge is 2.49. The number of alkyl halides is 3. The Morgan fingerprint density at radius 3 is 2.46 bits per heavy atom. The van der Waals surface area contributed by atoms with Gasteiger partial charge < -0.3 is 10.2 Å². The Balaban J connectivity index is 0.00000169. The van der Waals surface area contributed by atoms with Crippen LogP contribution in [0.3, 0.4) is 0 Å². The van der Waals surface area contributed by atoms with Crippen LogP contribution in [0.5, 0.6) is 0 Å². The first kappa shape index (κ1) is 17.5. The van der Waals surface area contributed by atoms with Crippen molar-refractivity contribution in [3.05, 3.63) is 35.4 Å². The van der Waals surface area contributed by atoms with Crippen LogP contribution < -0.4 is 5.32 Å². The maximum Gasteiger partial charge on any atom is 0.416 e. The van der Waals surface area contributed by atoms with E-state index in [2.05, 4.69) is 5.32 Å². The zero-order chi connectivity index (χ0) is 16.2. The number of hydrogen-bond acceptors (Lipinski definition) is 2. The average molecular weight is 361 g/mol. The van der Waals surface area contributed by atoms with Gasteiger partial charge in [0.2, 0.25) is 5.91 Å². The Labute approximate surface area is 145 Å². The maximum absolute atomic E-state index is 12.8. The minimum Gasteiger partial charge on any atom is -0.342 e. The fourth-order valence-electron chi connectivity index (χ4n) is 4.05. The van der Waals surface area contributed by atoms with E-state index >= 15 is 0 Å². The van der Waals surface area contributed by atoms with Gasteiger partial charge in [0, 0.05) is 32.1 Å². The first-order valence-corrected chi connectivity index (χ1v) is 8.10. The lowest BCUT2D eigenvalue weighted by Gasteiger charge is -2.17. The summed E-state index contributed by atoms with van der Waals surface area (Å²) in [5, 5.41) is 3.34. The number of nitrogens with one attached hydrogen (secondary N) is 1. The molecular formula is C17H20ClF3N2O. The molecule has 2 heterocycles. The lowest BCUT2D eigenvalue weighted by atomic mass is 10.0. The predicted octanol–water partition coefficient (Wildman–Crippen LogP) is 2.91. The van der Waals surface area contributed by atoms with Gasteiger partial charge in [-0.2, -0.15) is 13.2 Å². The Morgan fingerprint density at radius 2 is 1.83 bits per heavy atom. The molecule has 0 aromatic heterocycles. The second kappa shape index (κ2) is 6.23. The van der Waals surface area contributed by atoms with E-state index in [1.54, 1.807) is 6.07 Å². The number of amides is 1. The molecule has 0 radical (unpaired) electrons. The molecule has 3 fully saturated rings. The molecule has 1 aliphatic carbocycles. The molecule has 3 aliphatic rings. The van der Waals surface area contributed by atoms with E-state index < -0.39 is 11.7 Å². The second-order valence-electron chi connectivity index (χ2n) is 6.99. The number of nitrogens with zero attached hydrogens (tertiary/aromatic N) is 1. The highest BCUT2D eigenvalue weighted by atomic mass is 35.5. The molecule has 7 heteroatoms. The maximum atomic E-state index is 12.8. The molecule has 24 heavy (non-hydrogen) atoms. The number of carbonyl (C=O) groups excluding carboxylic acids is 1. The Bertz CT molecular complexity index is 625. The van der Waals surface area contributed by atoms with Gasteiger partial charge in [-0.1, -0.05) is 18.2 Å². The molecule has 0 bridgehead atoms. The predicted molar refractivity (Wildman–Crippen MR) is 86.0 cm³/mol. The summed E-state index contributed by atoms with van der Waals surface area (Å²) < 4.78 is 38.4. The van der Waals surface area contributed by atoms with Crippen molar-refractivity contribution in [2.75, 3.05) is 26.2 Å². The first-order chi connectivity index (χ1) is 10.9. The van der Waals surface area contributed by atoms with Crippen LogP contribution in [-0.2, 0) is 11.0 Å². The quantitative estimate of drug-likeness (QED) is 0.879. The van der Waals surface area contributed by atoms with Crippen molar-refractivity contribution >= 4 is 18.3 Å². The number of carbonyl (C=O) groups is 1. The van der Waals surface area contributed by atoms with E-state index in [1.165, 1.54) is 12.1 Å². The molecule has 2 aliphatic heterocycles. The van der Waals surface area contributed by atoms with Gasteiger partial charge >= 0.3 is 6.18 Å². The van der Waals surface area contributed by atoms with Gasteiger partial charge in [0.15, 0.2) is 0 Å². The third kappa shape index (κ3) is 3.14. The minimum atomic E-state index is -4.33. The highest BCUT2D eigenvalue weighted by Crippen LogP contribution is 2.50. The number of benzene rings is 1. The van der Waals surface area contributed by atoms with Crippen molar-refractivity contribution in [1.29, 1.82) is 0 Å². The zero-order valence-corrected chi connectivity index (χ0v) is 13.9. The minimum absolute atomic E-state index is 0. The van der Waals surface area contributed by atoms with E-state index in [4.69, 9.17) is 0 Å². The molecular weight excluding hydrogens is 341 g/mol. The van der Waals surface area contributed by atoms with Crippen LogP contribution in [0.4, 0.5) is 13.2 Å². The van der Waals surface area contributed by atoms with Crippen molar-refractivity contribution in [1.82, 2.24) is 10.2 Å². The van der Waals surface area contributed by atoms with Gasteiger partial charge in [-0.3, -0.25) is 4.79 Å². The third-order valence-corrected chi connectivity index (χ3v) is 5.45. The molecule has 1 N–H and O–H groups in total. The largest absolute Gasteiger partial charge is 0.416 e. The highest BCUT2D eigenvalue weighted by molar-refractivity contribution is 5.85. The molecule has 1 aromatic rings. The van der Waals surface area contributed by atoms with Crippen LogP contribution in [0.15, 0.2) is 24.3 Å². The van der Waals surface area contributed by atoms with Gasteiger partial charge in [-0.25, -0.2) is 0 Å². The van der Waals surface area contributed by atoms with Gasteiger partial charge in [0.1, 0.15) is 0 Å². The molecule has 2 unspecified atom stereocenters. The lowest BCUT2D eigenvalue weighted by molar-refractivity contribution is -0.137. The van der Waals surface area contributed by atoms with Crippen molar-refractivity contribution in [3.63, 3.8) is 0 Å². The van der Waals surface area contributed by atoms with Crippen LogP contribution >= 0.6 is 12.4 Å². The van der Waals surface area contributed by atoms with Gasteiger partial charge in [0.05, 0.1) is 5.56 Å². The summed E-state index contributed by atoms with van der Waals surface area (Å²) in [5.74, 6) is 1.03. The normalized spacial score (nSPS) is 31.5. The number of hydrogen-bond donors (Lipinski definition) is 1. The fourth-order valence-corrected chi connectivity index (χ4v) is 4.05. The van der Waals surface area contributed by atoms with E-state index in [0.717, 1.165) is 32.2 Å². The van der Waals surface area contributed by atoms with Gasteiger partial charge in [-0.05, 0) is 35.8 Å². The Hall–Kier alpha value is -1.27. The first-order valence-electron chi connectivity index (χ1n) is 8.10. The Kier molecular flexibility index (Phi) is 4.55. The van der Waals surface area contributed by atoms with Crippen LogP contribution in [0.25, 0.3) is 0 Å². The summed E-state index contributed by atoms with van der Waals surface area (Å²) in [4.78, 5) is 14.5. The van der Waals surface area contributed by atoms with E-state index in [9.17, 15) is 18.0 Å². The van der Waals surface area contributed by atoms with E-state index in [0.29, 0.717) is 23.8 Å². The average Bonchev–Trinajstić information content (AvgIpc) is 3.01. The summed E-state index contributed by atoms with van der Waals surface area (Å²) in [5.41, 5.74) is 0.00844. The van der Waals surface area contributed by atoms with Crippen molar-refractivity contribution in [3.8, 4) is 0 Å². The molecule has 1 aromatic carbocycles. The number of likely N-dealkylation sites (tertiary alicyclic amines) is 1. The molecule has 4 atom stereocenters. The number of rotatable bonds is 2. The summed E-state index contributed by atoms with van der Waals surface area (Å²) >= 11 is 0. The summed E-state index contributed by atoms with van der Waals surface area (Å²) in [6.07, 6.45) is -3.66. The van der Waals surface area contributed by atoms with Crippen LogP contribution in [0.2, 0.25) is 0 Å². The van der Waals surface area contributed by atoms with Crippen LogP contribution in [-0.4, -0.2) is 37.0 Å². The Morgan fingerprint density at radius 1 is 1.17 bits per heavy atom. The molecule has 4 rings (SSSR count). The molecule has 1 amide bonds. The van der Waals surface area contributed by atoms with Crippen molar-refractivity contribution in [2.45, 2.75) is 18.5 Å². The topological polar surface area (TPSA) is 32.3 Å². The summed E-state index contributed by atoms with van der Waals surface area (Å²) in [6.45, 7) is 3.52. The van der Waals surface area contributed by atoms with Gasteiger partial charge in [0.25, 0.3) is 0 Å². The van der Waals surface area contributed by atoms with Crippen LogP contribution in [0, 0.1) is 17.8 Å². The number of fused-ring (bicyclic) bond motifs is 1. The van der Waals surface area contributed by atoms with Gasteiger partial charge in [-0.15, -0.1) is 12.4 Å². The lowest BCUT2D eigenvalue weighted by Crippen LogP contribution is -2.33. The molecule has 3 nitrogen and oxygen atoms in total. The van der Waals surface area contributed by atoms with Crippen molar-refractivity contribution < 1.29 is 18.0 Å². The van der Waals surface area contributed by atoms with Crippen LogP contribution in [0.1, 0.15) is 23.5 Å². The monoisotopic (exact) mass is 360 g/mol. The third-order valence-electron chi connectivity index (χ3n) is 5.45. The number of halogens is 4. The molecule has 2 saturated heterocycles. The smallest absolute Gasteiger partial charge is 0.342 e. The molecule has 1 saturated carbocycles. The summed E-state index contributed by atoms with van der Waals surface area (Å²) in [6, 6.07) is 5.41. The SMILES string of the molecule is Cl.O=C(C1CC1c1cccc(C(F)(F)F)c1)N1C[C@H]2CNC[C@H]2C1. The van der Waals surface area contributed by atoms with E-state index in [1.807, 2.05) is 4.90 Å². The standard InChI is InChI=1S/C17H19F3N2O.ClH/c18-17(19,20)13-3-1-2-10(4-13)14-5-15(14)16(23)22-8-11-6-21-7-12(11)9-22;/h1-4,11-12,14-15,21H,5-9H2;1H/t11-,12+,14?,15?;. The second-order valence-corrected chi connectivity index (χ2v) is 6.99. The van der Waals surface area contributed by atoms with Crippen molar-refractivity contribution in [2.24, 2.45) is 17.8 Å². The van der Waals surface area contributed by atoms with E-state index in [-0.39, 0.29) is 30.2 Å². The zero-order valence-electron chi connectivity index (χ0n) is 13.1. The molecule has 132 valence electrons. The molecule has 0 spiro atoms. The summed E-state index contributed by atoms with van der Waals surface area (Å²) in [7, 11) is 0.